The van der Waals surface area contributed by atoms with Crippen molar-refractivity contribution < 1.29 is 14.3 Å². The van der Waals surface area contributed by atoms with E-state index >= 15 is 0 Å². The first-order chi connectivity index (χ1) is 15.9. The van der Waals surface area contributed by atoms with E-state index in [-0.39, 0.29) is 18.6 Å². The molecule has 1 aromatic carbocycles. The van der Waals surface area contributed by atoms with Gasteiger partial charge in [0.2, 0.25) is 11.8 Å². The maximum Gasteiger partial charge on any atom is 0.258 e. The summed E-state index contributed by atoms with van der Waals surface area (Å²) in [7, 11) is 3.34. The molecule has 9 nitrogen and oxygen atoms in total. The molecule has 33 heavy (non-hydrogen) atoms. The number of hydrogen-bond donors (Lipinski definition) is 1. The molecule has 0 saturated carbocycles. The lowest BCUT2D eigenvalue weighted by molar-refractivity contribution is -0.123. The maximum absolute atomic E-state index is 12.4. The first kappa shape index (κ1) is 22.2. The Morgan fingerprint density at radius 3 is 2.61 bits per heavy atom. The highest BCUT2D eigenvalue weighted by Crippen LogP contribution is 2.30. The van der Waals surface area contributed by atoms with Gasteiger partial charge in [0.15, 0.2) is 18.1 Å². The molecule has 1 amide bonds. The van der Waals surface area contributed by atoms with Crippen LogP contribution in [0.5, 0.6) is 11.8 Å². The second kappa shape index (κ2) is 9.23. The van der Waals surface area contributed by atoms with E-state index in [1.54, 1.807) is 37.2 Å². The first-order valence-corrected chi connectivity index (χ1v) is 10.6. The molecule has 4 aromatic rings. The fraction of sp³-hybridized carbons (Fsp3) is 0.292. The Balaban J connectivity index is 1.50. The molecule has 0 bridgehead atoms. The average Bonchev–Trinajstić information content (AvgIpc) is 3.15. The Hall–Kier alpha value is -4.01. The molecule has 0 aliphatic carbocycles. The van der Waals surface area contributed by atoms with Crippen molar-refractivity contribution >= 4 is 16.9 Å². The Morgan fingerprint density at radius 1 is 1.12 bits per heavy atom. The summed E-state index contributed by atoms with van der Waals surface area (Å²) in [5.74, 6) is 1.02. The second-order valence-corrected chi connectivity index (χ2v) is 7.86. The smallest absolute Gasteiger partial charge is 0.258 e. The zero-order valence-corrected chi connectivity index (χ0v) is 19.3. The molecular weight excluding hydrogens is 420 g/mol. The largest absolute Gasteiger partial charge is 0.481 e. The highest BCUT2D eigenvalue weighted by atomic mass is 16.5. The number of aromatic nitrogens is 5. The molecule has 0 aliphatic rings. The topological polar surface area (TPSA) is 104 Å². The van der Waals surface area contributed by atoms with Crippen LogP contribution < -0.4 is 14.8 Å². The molecule has 4 rings (SSSR count). The Morgan fingerprint density at radius 2 is 1.88 bits per heavy atom. The molecule has 0 radical (unpaired) electrons. The fourth-order valence-electron chi connectivity index (χ4n) is 3.56. The van der Waals surface area contributed by atoms with Crippen LogP contribution in [0.15, 0.2) is 42.6 Å². The molecule has 0 spiro atoms. The van der Waals surface area contributed by atoms with Crippen LogP contribution in [-0.2, 0) is 11.8 Å². The number of carbonyl (C=O) groups excluding carboxylic acids is 1. The van der Waals surface area contributed by atoms with Crippen LogP contribution in [0, 0.1) is 13.8 Å². The van der Waals surface area contributed by atoms with Gasteiger partial charge >= 0.3 is 0 Å². The summed E-state index contributed by atoms with van der Waals surface area (Å²) in [6.45, 7) is 5.76. The fourth-order valence-corrected chi connectivity index (χ4v) is 3.56. The number of hydrogen-bond acceptors (Lipinski definition) is 7. The van der Waals surface area contributed by atoms with E-state index in [1.165, 1.54) is 5.56 Å². The van der Waals surface area contributed by atoms with E-state index in [0.29, 0.717) is 28.9 Å². The number of nitrogens with one attached hydrogen (secondary N) is 1. The lowest BCUT2D eigenvalue weighted by Crippen LogP contribution is -2.31. The van der Waals surface area contributed by atoms with Crippen LogP contribution in [0.1, 0.15) is 29.7 Å². The Labute approximate surface area is 191 Å². The van der Waals surface area contributed by atoms with Crippen LogP contribution in [0.3, 0.4) is 0 Å². The third-order valence-corrected chi connectivity index (χ3v) is 5.32. The van der Waals surface area contributed by atoms with Gasteiger partial charge in [-0.25, -0.2) is 9.67 Å². The van der Waals surface area contributed by atoms with Gasteiger partial charge in [-0.3, -0.25) is 4.79 Å². The molecule has 0 fully saturated rings. The van der Waals surface area contributed by atoms with Gasteiger partial charge < -0.3 is 14.8 Å². The number of carbonyl (C=O) groups is 1. The van der Waals surface area contributed by atoms with Gasteiger partial charge in [-0.05, 0) is 31.9 Å². The molecule has 0 aliphatic heterocycles. The zero-order valence-electron chi connectivity index (χ0n) is 19.3. The molecule has 170 valence electrons. The predicted octanol–water partition coefficient (Wildman–Crippen LogP) is 3.31. The number of pyridine rings is 1. The molecule has 1 N–H and O–H groups in total. The van der Waals surface area contributed by atoms with Gasteiger partial charge in [0.1, 0.15) is 5.69 Å². The van der Waals surface area contributed by atoms with Gasteiger partial charge in [0.25, 0.3) is 5.91 Å². The molecule has 0 saturated heterocycles. The van der Waals surface area contributed by atoms with Crippen molar-refractivity contribution in [1.82, 2.24) is 30.0 Å². The van der Waals surface area contributed by atoms with Crippen LogP contribution in [0.4, 0.5) is 0 Å². The number of fused-ring (bicyclic) bond motifs is 1. The summed E-state index contributed by atoms with van der Waals surface area (Å²) in [4.78, 5) is 25.7. The molecule has 3 heterocycles. The van der Waals surface area contributed by atoms with Gasteiger partial charge in [-0.1, -0.05) is 29.8 Å². The zero-order chi connectivity index (χ0) is 23.5. The lowest BCUT2D eigenvalue weighted by atomic mass is 10.1. The second-order valence-electron chi connectivity index (χ2n) is 7.86. The number of nitrogens with zero attached hydrogens (tertiary/aromatic N) is 5. The van der Waals surface area contributed by atoms with E-state index in [4.69, 9.17) is 9.47 Å². The van der Waals surface area contributed by atoms with Crippen molar-refractivity contribution in [1.29, 1.82) is 0 Å². The van der Waals surface area contributed by atoms with E-state index in [2.05, 4.69) is 25.4 Å². The number of amides is 1. The molecule has 9 heteroatoms. The van der Waals surface area contributed by atoms with Crippen molar-refractivity contribution in [3.05, 3.63) is 59.3 Å². The highest BCUT2D eigenvalue weighted by molar-refractivity contribution is 5.92. The van der Waals surface area contributed by atoms with E-state index in [0.717, 1.165) is 16.5 Å². The van der Waals surface area contributed by atoms with E-state index in [9.17, 15) is 4.79 Å². The quantitative estimate of drug-likeness (QED) is 0.464. The van der Waals surface area contributed by atoms with Crippen LogP contribution >= 0.6 is 0 Å². The van der Waals surface area contributed by atoms with Crippen LogP contribution in [0.2, 0.25) is 0 Å². The maximum atomic E-state index is 12.4. The molecule has 3 aromatic heterocycles. The van der Waals surface area contributed by atoms with Crippen molar-refractivity contribution in [3.63, 3.8) is 0 Å². The van der Waals surface area contributed by atoms with E-state index < -0.39 is 0 Å². The standard InChI is InChI=1S/C24H26N6O3/c1-14-6-8-17(9-7-14)16(3)26-18(31)13-33-20-12-15(2)21-22(29-30(4)24(21)28-20)23-25-11-10-19(27-23)32-5/h6-12,16H,13H2,1-5H3,(H,26,31)/t16-/m0/s1. The Kier molecular flexibility index (Phi) is 6.21. The van der Waals surface area contributed by atoms with Crippen molar-refractivity contribution in [2.75, 3.05) is 13.7 Å². The number of methoxy groups -OCH3 is 1. The predicted molar refractivity (Wildman–Crippen MR) is 124 cm³/mol. The van der Waals surface area contributed by atoms with Crippen LogP contribution in [0.25, 0.3) is 22.6 Å². The van der Waals surface area contributed by atoms with Crippen molar-refractivity contribution in [2.45, 2.75) is 26.8 Å². The number of ether oxygens (including phenoxy) is 2. The summed E-state index contributed by atoms with van der Waals surface area (Å²) < 4.78 is 12.5. The summed E-state index contributed by atoms with van der Waals surface area (Å²) in [6.07, 6.45) is 1.62. The Bertz CT molecular complexity index is 1300. The number of rotatable bonds is 7. The monoisotopic (exact) mass is 446 g/mol. The average molecular weight is 447 g/mol. The van der Waals surface area contributed by atoms with Gasteiger partial charge in [-0.15, -0.1) is 0 Å². The molecular formula is C24H26N6O3. The number of aryl methyl sites for hydroxylation is 3. The highest BCUT2D eigenvalue weighted by Gasteiger charge is 2.19. The van der Waals surface area contributed by atoms with Gasteiger partial charge in [0, 0.05) is 25.4 Å². The summed E-state index contributed by atoms with van der Waals surface area (Å²) in [6, 6.07) is 11.4. The first-order valence-electron chi connectivity index (χ1n) is 10.6. The lowest BCUT2D eigenvalue weighted by Gasteiger charge is -2.15. The minimum Gasteiger partial charge on any atom is -0.481 e. The molecule has 1 atom stereocenters. The SMILES string of the molecule is COc1ccnc(-c2nn(C)c3nc(OCC(=O)N[C@@H](C)c4ccc(C)cc4)cc(C)c23)n1. The van der Waals surface area contributed by atoms with Gasteiger partial charge in [0.05, 0.1) is 18.5 Å². The molecule has 0 unspecified atom stereocenters. The van der Waals surface area contributed by atoms with Crippen molar-refractivity contribution in [3.8, 4) is 23.3 Å². The normalized spacial score (nSPS) is 11.9. The summed E-state index contributed by atoms with van der Waals surface area (Å²) >= 11 is 0. The van der Waals surface area contributed by atoms with Crippen molar-refractivity contribution in [2.24, 2.45) is 7.05 Å². The third-order valence-electron chi connectivity index (χ3n) is 5.32. The summed E-state index contributed by atoms with van der Waals surface area (Å²) in [5, 5.41) is 8.31. The third kappa shape index (κ3) is 4.77. The number of benzene rings is 1. The van der Waals surface area contributed by atoms with Gasteiger partial charge in [-0.2, -0.15) is 15.1 Å². The minimum atomic E-state index is -0.224. The van der Waals surface area contributed by atoms with Crippen LogP contribution in [-0.4, -0.2) is 44.4 Å². The van der Waals surface area contributed by atoms with E-state index in [1.807, 2.05) is 45.0 Å². The summed E-state index contributed by atoms with van der Waals surface area (Å²) in [5.41, 5.74) is 4.31. The minimum absolute atomic E-state index is 0.124.